The van der Waals surface area contributed by atoms with E-state index >= 15 is 0 Å². The van der Waals surface area contributed by atoms with E-state index < -0.39 is 6.10 Å². The molecule has 0 bridgehead atoms. The van der Waals surface area contributed by atoms with E-state index in [-0.39, 0.29) is 11.2 Å². The van der Waals surface area contributed by atoms with Crippen LogP contribution in [0.25, 0.3) is 0 Å². The van der Waals surface area contributed by atoms with E-state index in [0.29, 0.717) is 5.56 Å². The molecule has 2 heteroatoms. The van der Waals surface area contributed by atoms with E-state index in [1.54, 1.807) is 6.92 Å². The minimum atomic E-state index is -0.459. The number of rotatable bonds is 2. The molecule has 1 nitrogen and oxygen atoms in total. The Morgan fingerprint density at radius 2 is 2.07 bits per heavy atom. The van der Waals surface area contributed by atoms with Crippen LogP contribution in [0.15, 0.2) is 18.2 Å². The largest absolute Gasteiger partial charge is 0.392 e. The maximum absolute atomic E-state index is 13.6. The monoisotopic (exact) mass is 194 g/mol. The number of hydrogen-bond acceptors (Lipinski definition) is 1. The lowest BCUT2D eigenvalue weighted by Crippen LogP contribution is -2.23. The number of benzene rings is 1. The van der Waals surface area contributed by atoms with Crippen molar-refractivity contribution < 1.29 is 9.50 Å². The molecule has 1 aromatic rings. The second kappa shape index (κ2) is 3.06. The average Bonchev–Trinajstić information content (AvgIpc) is 2.84. The van der Waals surface area contributed by atoms with Crippen molar-refractivity contribution in [3.8, 4) is 0 Å². The van der Waals surface area contributed by atoms with E-state index in [1.807, 2.05) is 19.1 Å². The van der Waals surface area contributed by atoms with Gasteiger partial charge in [0.05, 0.1) is 6.10 Å². The standard InChI is InChI=1S/C12H15FO/c1-8-3-4-10(11(13)7-8)12(5-6-12)9(2)14/h3-4,7,9,14H,5-6H2,1-2H3. The van der Waals surface area contributed by atoms with Crippen LogP contribution in [0.1, 0.15) is 30.9 Å². The van der Waals surface area contributed by atoms with Gasteiger partial charge in [0.2, 0.25) is 0 Å². The fraction of sp³-hybridized carbons (Fsp3) is 0.500. The van der Waals surface area contributed by atoms with Gasteiger partial charge in [0, 0.05) is 5.41 Å². The first-order valence-corrected chi connectivity index (χ1v) is 5.01. The predicted octanol–water partition coefficient (Wildman–Crippen LogP) is 2.55. The zero-order valence-corrected chi connectivity index (χ0v) is 8.55. The summed E-state index contributed by atoms with van der Waals surface area (Å²) in [5.74, 6) is -0.177. The minimum Gasteiger partial charge on any atom is -0.392 e. The molecule has 0 aromatic heterocycles. The molecule has 14 heavy (non-hydrogen) atoms. The summed E-state index contributed by atoms with van der Waals surface area (Å²) in [4.78, 5) is 0. The van der Waals surface area contributed by atoms with Gasteiger partial charge in [-0.15, -0.1) is 0 Å². The average molecular weight is 194 g/mol. The van der Waals surface area contributed by atoms with Gasteiger partial charge in [-0.25, -0.2) is 4.39 Å². The van der Waals surface area contributed by atoms with Gasteiger partial charge in [-0.1, -0.05) is 12.1 Å². The summed E-state index contributed by atoms with van der Waals surface area (Å²) < 4.78 is 13.6. The predicted molar refractivity (Wildman–Crippen MR) is 53.7 cm³/mol. The summed E-state index contributed by atoms with van der Waals surface area (Å²) in [5.41, 5.74) is 1.31. The SMILES string of the molecule is Cc1ccc(C2(C(C)O)CC2)c(F)c1. The molecule has 2 rings (SSSR count). The second-order valence-corrected chi connectivity index (χ2v) is 4.32. The Bertz CT molecular complexity index is 353. The fourth-order valence-corrected chi connectivity index (χ4v) is 2.07. The van der Waals surface area contributed by atoms with Crippen molar-refractivity contribution in [1.29, 1.82) is 0 Å². The Kier molecular flexibility index (Phi) is 2.11. The zero-order chi connectivity index (χ0) is 10.3. The highest BCUT2D eigenvalue weighted by atomic mass is 19.1. The van der Waals surface area contributed by atoms with Gasteiger partial charge in [-0.05, 0) is 43.9 Å². The topological polar surface area (TPSA) is 20.2 Å². The van der Waals surface area contributed by atoms with E-state index in [2.05, 4.69) is 0 Å². The number of aryl methyl sites for hydroxylation is 1. The molecule has 1 saturated carbocycles. The maximum atomic E-state index is 13.6. The number of aliphatic hydroxyl groups excluding tert-OH is 1. The molecule has 76 valence electrons. The van der Waals surface area contributed by atoms with Crippen molar-refractivity contribution in [1.82, 2.24) is 0 Å². The Morgan fingerprint density at radius 1 is 1.43 bits per heavy atom. The third-order valence-corrected chi connectivity index (χ3v) is 3.25. The van der Waals surface area contributed by atoms with Crippen LogP contribution >= 0.6 is 0 Å². The van der Waals surface area contributed by atoms with Crippen LogP contribution in [-0.2, 0) is 5.41 Å². The van der Waals surface area contributed by atoms with Crippen LogP contribution in [-0.4, -0.2) is 11.2 Å². The smallest absolute Gasteiger partial charge is 0.127 e. The molecule has 1 N–H and O–H groups in total. The van der Waals surface area contributed by atoms with Crippen LogP contribution in [0.4, 0.5) is 4.39 Å². The molecule has 1 aromatic carbocycles. The molecule has 0 heterocycles. The highest BCUT2D eigenvalue weighted by molar-refractivity contribution is 5.36. The van der Waals surface area contributed by atoms with Crippen molar-refractivity contribution in [3.05, 3.63) is 35.1 Å². The molecule has 1 aliphatic carbocycles. The van der Waals surface area contributed by atoms with Crippen LogP contribution < -0.4 is 0 Å². The molecule has 1 aliphatic rings. The molecular weight excluding hydrogens is 179 g/mol. The summed E-state index contributed by atoms with van der Waals surface area (Å²) in [6.07, 6.45) is 1.33. The minimum absolute atomic E-state index is 0.177. The van der Waals surface area contributed by atoms with Gasteiger partial charge in [0.15, 0.2) is 0 Å². The molecule has 1 unspecified atom stereocenters. The Labute approximate surface area is 83.6 Å². The molecular formula is C12H15FO. The summed E-state index contributed by atoms with van der Waals surface area (Å²) >= 11 is 0. The molecule has 0 amide bonds. The van der Waals surface area contributed by atoms with Crippen molar-refractivity contribution >= 4 is 0 Å². The van der Waals surface area contributed by atoms with Gasteiger partial charge >= 0.3 is 0 Å². The zero-order valence-electron chi connectivity index (χ0n) is 8.55. The first-order chi connectivity index (χ1) is 6.56. The normalized spacial score (nSPS) is 20.6. The van der Waals surface area contributed by atoms with E-state index in [9.17, 15) is 9.50 Å². The van der Waals surface area contributed by atoms with Crippen LogP contribution in [0.2, 0.25) is 0 Å². The molecule has 1 fully saturated rings. The Hall–Kier alpha value is -0.890. The molecule has 0 spiro atoms. The highest BCUT2D eigenvalue weighted by Crippen LogP contribution is 2.51. The molecule has 1 atom stereocenters. The maximum Gasteiger partial charge on any atom is 0.127 e. The molecule has 0 saturated heterocycles. The summed E-state index contributed by atoms with van der Waals surface area (Å²) in [7, 11) is 0. The van der Waals surface area contributed by atoms with Gasteiger partial charge < -0.3 is 5.11 Å². The van der Waals surface area contributed by atoms with Gasteiger partial charge in [-0.2, -0.15) is 0 Å². The van der Waals surface area contributed by atoms with Gasteiger partial charge in [0.25, 0.3) is 0 Å². The summed E-state index contributed by atoms with van der Waals surface area (Å²) in [6, 6.07) is 5.25. The van der Waals surface area contributed by atoms with Crippen LogP contribution in [0, 0.1) is 12.7 Å². The van der Waals surface area contributed by atoms with E-state index in [0.717, 1.165) is 18.4 Å². The van der Waals surface area contributed by atoms with Gasteiger partial charge in [-0.3, -0.25) is 0 Å². The quantitative estimate of drug-likeness (QED) is 0.767. The van der Waals surface area contributed by atoms with E-state index in [1.165, 1.54) is 6.07 Å². The molecule has 0 aliphatic heterocycles. The third kappa shape index (κ3) is 1.34. The third-order valence-electron chi connectivity index (χ3n) is 3.25. The van der Waals surface area contributed by atoms with Crippen LogP contribution in [0.3, 0.4) is 0 Å². The van der Waals surface area contributed by atoms with Gasteiger partial charge in [0.1, 0.15) is 5.82 Å². The van der Waals surface area contributed by atoms with Crippen molar-refractivity contribution in [2.45, 2.75) is 38.2 Å². The highest BCUT2D eigenvalue weighted by Gasteiger charge is 2.49. The first kappa shape index (κ1) is 9.66. The summed E-state index contributed by atoms with van der Waals surface area (Å²) in [5, 5.41) is 9.62. The summed E-state index contributed by atoms with van der Waals surface area (Å²) in [6.45, 7) is 3.61. The van der Waals surface area contributed by atoms with Crippen LogP contribution in [0.5, 0.6) is 0 Å². The number of halogens is 1. The Morgan fingerprint density at radius 3 is 2.50 bits per heavy atom. The second-order valence-electron chi connectivity index (χ2n) is 4.32. The molecule has 0 radical (unpaired) electrons. The van der Waals surface area contributed by atoms with Crippen molar-refractivity contribution in [2.24, 2.45) is 0 Å². The number of aliphatic hydroxyl groups is 1. The van der Waals surface area contributed by atoms with Crippen molar-refractivity contribution in [3.63, 3.8) is 0 Å². The Balaban J connectivity index is 2.42. The lowest BCUT2D eigenvalue weighted by Gasteiger charge is -2.19. The lowest BCUT2D eigenvalue weighted by atomic mass is 9.90. The first-order valence-electron chi connectivity index (χ1n) is 5.01. The van der Waals surface area contributed by atoms with E-state index in [4.69, 9.17) is 0 Å². The lowest BCUT2D eigenvalue weighted by molar-refractivity contribution is 0.148. The van der Waals surface area contributed by atoms with Crippen molar-refractivity contribution in [2.75, 3.05) is 0 Å². The fourth-order valence-electron chi connectivity index (χ4n) is 2.07. The number of hydrogen-bond donors (Lipinski definition) is 1.